The minimum absolute atomic E-state index is 0.0545. The molecule has 0 amide bonds. The van der Waals surface area contributed by atoms with Crippen molar-refractivity contribution in [1.82, 2.24) is 19.9 Å². The van der Waals surface area contributed by atoms with Crippen LogP contribution >= 0.6 is 0 Å². The van der Waals surface area contributed by atoms with Crippen molar-refractivity contribution in [3.63, 3.8) is 0 Å². The standard InChI is InChI=1S/C16H16N6O.C16H17N5O2S/c1-19-15-12-7-6-9(8-13(12)20-16(18)21-15)10-4-2-3-5-11(10)14(17)22-23;1-18-15-12-8-7-10(9-14(12)19-16(17)20-15)11-5-3-4-6-13(11)21-24(2,22)23/h2-8,23H,1H3,(H2,17,22)(H3,18,19,20,21);3-9,21H,1-2H3,(H3,17,18,19,20). The molecule has 47 heavy (non-hydrogen) atoms. The number of nitrogens with two attached hydrogens (primary N) is 3. The van der Waals surface area contributed by atoms with E-state index >= 15 is 0 Å². The second kappa shape index (κ2) is 13.4. The van der Waals surface area contributed by atoms with Crippen molar-refractivity contribution in [2.75, 3.05) is 47.2 Å². The van der Waals surface area contributed by atoms with E-state index in [1.54, 1.807) is 32.3 Å². The van der Waals surface area contributed by atoms with Gasteiger partial charge in [-0.05, 0) is 47.0 Å². The topological polar surface area (TPSA) is 232 Å². The average molecular weight is 652 g/mol. The summed E-state index contributed by atoms with van der Waals surface area (Å²) < 4.78 is 25.7. The van der Waals surface area contributed by atoms with Gasteiger partial charge in [-0.3, -0.25) is 4.72 Å². The van der Waals surface area contributed by atoms with Crippen molar-refractivity contribution < 1.29 is 13.6 Å². The van der Waals surface area contributed by atoms with Crippen LogP contribution in [0.3, 0.4) is 0 Å². The number of amidine groups is 1. The lowest BCUT2D eigenvalue weighted by molar-refractivity contribution is 0.318. The first-order chi connectivity index (χ1) is 22.5. The fourth-order valence-corrected chi connectivity index (χ4v) is 5.62. The Bertz CT molecular complexity index is 2240. The van der Waals surface area contributed by atoms with Crippen molar-refractivity contribution >= 4 is 66.9 Å². The van der Waals surface area contributed by atoms with Crippen LogP contribution in [0.4, 0.5) is 29.2 Å². The summed E-state index contributed by atoms with van der Waals surface area (Å²) in [7, 11) is 0.172. The molecule has 0 unspecified atom stereocenters. The zero-order valence-corrected chi connectivity index (χ0v) is 26.5. The van der Waals surface area contributed by atoms with Crippen LogP contribution in [0.15, 0.2) is 90.1 Å². The normalized spacial score (nSPS) is 11.5. The van der Waals surface area contributed by atoms with E-state index in [1.807, 2.05) is 66.7 Å². The summed E-state index contributed by atoms with van der Waals surface area (Å²) in [5.74, 6) is 1.74. The molecule has 240 valence electrons. The highest BCUT2D eigenvalue weighted by Gasteiger charge is 2.13. The van der Waals surface area contributed by atoms with Gasteiger partial charge >= 0.3 is 0 Å². The zero-order chi connectivity index (χ0) is 33.7. The molecule has 0 aliphatic carbocycles. The Kier molecular flexibility index (Phi) is 9.19. The number of benzene rings is 4. The number of fused-ring (bicyclic) bond motifs is 2. The quantitative estimate of drug-likeness (QED) is 0.0554. The maximum atomic E-state index is 11.6. The molecule has 10 N–H and O–H groups in total. The number of para-hydroxylation sites is 1. The van der Waals surface area contributed by atoms with Crippen LogP contribution in [0.1, 0.15) is 5.56 Å². The van der Waals surface area contributed by atoms with Gasteiger partial charge in [-0.25, -0.2) is 18.4 Å². The molecule has 15 heteroatoms. The number of nitrogen functional groups attached to an aromatic ring is 2. The summed E-state index contributed by atoms with van der Waals surface area (Å²) in [4.78, 5) is 16.9. The molecule has 0 fully saturated rings. The van der Waals surface area contributed by atoms with E-state index in [0.29, 0.717) is 33.9 Å². The lowest BCUT2D eigenvalue weighted by atomic mass is 9.98. The van der Waals surface area contributed by atoms with Crippen LogP contribution in [-0.2, 0) is 10.0 Å². The molecule has 0 radical (unpaired) electrons. The summed E-state index contributed by atoms with van der Waals surface area (Å²) in [5.41, 5.74) is 23.1. The monoisotopic (exact) mass is 651 g/mol. The van der Waals surface area contributed by atoms with Gasteiger partial charge < -0.3 is 33.0 Å². The second-order valence-corrected chi connectivity index (χ2v) is 12.0. The molecule has 14 nitrogen and oxygen atoms in total. The highest BCUT2D eigenvalue weighted by molar-refractivity contribution is 7.92. The van der Waals surface area contributed by atoms with Crippen LogP contribution in [0.2, 0.25) is 0 Å². The third kappa shape index (κ3) is 7.20. The van der Waals surface area contributed by atoms with Gasteiger partial charge in [0, 0.05) is 36.0 Å². The minimum Gasteiger partial charge on any atom is -0.409 e. The summed E-state index contributed by atoms with van der Waals surface area (Å²) in [6.07, 6.45) is 1.12. The molecule has 0 atom stereocenters. The molecule has 2 aromatic heterocycles. The molecular formula is C32H33N11O3S. The first-order valence-corrected chi connectivity index (χ1v) is 16.0. The summed E-state index contributed by atoms with van der Waals surface area (Å²) in [6.45, 7) is 0. The maximum absolute atomic E-state index is 11.6. The number of oxime groups is 1. The van der Waals surface area contributed by atoms with Gasteiger partial charge in [-0.2, -0.15) is 9.97 Å². The highest BCUT2D eigenvalue weighted by Crippen LogP contribution is 2.32. The number of hydrogen-bond acceptors (Lipinski definition) is 12. The third-order valence-corrected chi connectivity index (χ3v) is 7.65. The number of sulfonamides is 1. The van der Waals surface area contributed by atoms with E-state index < -0.39 is 10.0 Å². The molecule has 6 rings (SSSR count). The smallest absolute Gasteiger partial charge is 0.229 e. The predicted molar refractivity (Wildman–Crippen MR) is 189 cm³/mol. The van der Waals surface area contributed by atoms with Crippen LogP contribution in [0, 0.1) is 0 Å². The predicted octanol–water partition coefficient (Wildman–Crippen LogP) is 4.31. The fourth-order valence-electron chi connectivity index (χ4n) is 5.05. The zero-order valence-electron chi connectivity index (χ0n) is 25.7. The van der Waals surface area contributed by atoms with Crippen LogP contribution in [0.5, 0.6) is 0 Å². The largest absolute Gasteiger partial charge is 0.409 e. The number of aromatic nitrogens is 4. The van der Waals surface area contributed by atoms with Crippen molar-refractivity contribution in [2.45, 2.75) is 0 Å². The lowest BCUT2D eigenvalue weighted by Gasteiger charge is -2.12. The summed E-state index contributed by atoms with van der Waals surface area (Å²) in [5, 5.41) is 19.7. The SMILES string of the molecule is CNc1nc(N)nc2cc(-c3ccccc3C(N)=NO)ccc12.CNc1nc(N)nc2cc(-c3ccccc3NS(C)(=O)=O)ccc12. The molecule has 0 saturated carbocycles. The van der Waals surface area contributed by atoms with Gasteiger partial charge in [-0.15, -0.1) is 0 Å². The van der Waals surface area contributed by atoms with Crippen LogP contribution < -0.4 is 32.6 Å². The second-order valence-electron chi connectivity index (χ2n) is 10.3. The Morgan fingerprint density at radius 3 is 1.72 bits per heavy atom. The van der Waals surface area contributed by atoms with E-state index in [1.165, 1.54) is 0 Å². The summed E-state index contributed by atoms with van der Waals surface area (Å²) >= 11 is 0. The van der Waals surface area contributed by atoms with Crippen LogP contribution in [0.25, 0.3) is 44.1 Å². The summed E-state index contributed by atoms with van der Waals surface area (Å²) in [6, 6.07) is 26.0. The van der Waals surface area contributed by atoms with Gasteiger partial charge in [0.2, 0.25) is 21.9 Å². The van der Waals surface area contributed by atoms with E-state index in [-0.39, 0.29) is 17.7 Å². The van der Waals surface area contributed by atoms with Gasteiger partial charge in [-0.1, -0.05) is 59.8 Å². The van der Waals surface area contributed by atoms with Crippen molar-refractivity contribution in [1.29, 1.82) is 0 Å². The van der Waals surface area contributed by atoms with Crippen molar-refractivity contribution in [3.05, 3.63) is 90.5 Å². The Labute approximate surface area is 270 Å². The Balaban J connectivity index is 0.000000185. The number of nitrogens with one attached hydrogen (secondary N) is 3. The minimum atomic E-state index is -3.37. The maximum Gasteiger partial charge on any atom is 0.229 e. The Morgan fingerprint density at radius 2 is 1.21 bits per heavy atom. The highest BCUT2D eigenvalue weighted by atomic mass is 32.2. The molecular weight excluding hydrogens is 618 g/mol. The number of nitrogens with zero attached hydrogens (tertiary/aromatic N) is 5. The molecule has 4 aromatic carbocycles. The molecule has 0 bridgehead atoms. The van der Waals surface area contributed by atoms with Gasteiger partial charge in [0.15, 0.2) is 5.84 Å². The van der Waals surface area contributed by atoms with E-state index in [9.17, 15) is 8.42 Å². The van der Waals surface area contributed by atoms with E-state index in [4.69, 9.17) is 22.4 Å². The average Bonchev–Trinajstić information content (AvgIpc) is 3.06. The first-order valence-electron chi connectivity index (χ1n) is 14.2. The molecule has 0 aliphatic rings. The van der Waals surface area contributed by atoms with E-state index in [2.05, 4.69) is 40.4 Å². The number of anilines is 5. The van der Waals surface area contributed by atoms with Crippen molar-refractivity contribution in [3.8, 4) is 22.3 Å². The lowest BCUT2D eigenvalue weighted by Crippen LogP contribution is -2.14. The van der Waals surface area contributed by atoms with Gasteiger partial charge in [0.25, 0.3) is 0 Å². The number of hydrogen-bond donors (Lipinski definition) is 7. The van der Waals surface area contributed by atoms with Crippen molar-refractivity contribution in [2.24, 2.45) is 10.9 Å². The molecule has 2 heterocycles. The molecule has 0 saturated heterocycles. The molecule has 0 spiro atoms. The fraction of sp³-hybridized carbons (Fsp3) is 0.0938. The van der Waals surface area contributed by atoms with Gasteiger partial charge in [0.05, 0.1) is 23.0 Å². The van der Waals surface area contributed by atoms with Gasteiger partial charge in [0.1, 0.15) is 11.6 Å². The third-order valence-electron chi connectivity index (χ3n) is 7.06. The van der Waals surface area contributed by atoms with Crippen LogP contribution in [-0.4, -0.2) is 59.7 Å². The molecule has 6 aromatic rings. The van der Waals surface area contributed by atoms with E-state index in [0.717, 1.165) is 39.3 Å². The molecule has 0 aliphatic heterocycles. The first kappa shape index (κ1) is 32.2. The number of rotatable bonds is 7. The Morgan fingerprint density at radius 1 is 0.723 bits per heavy atom. The Hall–Kier alpha value is -6.22.